The van der Waals surface area contributed by atoms with Crippen LogP contribution >= 0.6 is 0 Å². The smallest absolute Gasteiger partial charge is 0.297 e. The van der Waals surface area contributed by atoms with Gasteiger partial charge in [0.15, 0.2) is 17.4 Å². The van der Waals surface area contributed by atoms with E-state index in [2.05, 4.69) is 4.98 Å². The molecule has 0 radical (unpaired) electrons. The Morgan fingerprint density at radius 3 is 2.57 bits per heavy atom. The molecule has 0 N–H and O–H groups in total. The molecule has 1 aliphatic rings. The van der Waals surface area contributed by atoms with Crippen LogP contribution in [0.5, 0.6) is 11.8 Å². The average molecular weight is 424 g/mol. The van der Waals surface area contributed by atoms with E-state index in [0.29, 0.717) is 13.0 Å². The van der Waals surface area contributed by atoms with Crippen LogP contribution in [0.25, 0.3) is 11.0 Å². The van der Waals surface area contributed by atoms with Gasteiger partial charge in [0.05, 0.1) is 18.2 Å². The number of aryl methyl sites for hydroxylation is 1. The highest BCUT2D eigenvalue weighted by atomic mass is 19.1. The summed E-state index contributed by atoms with van der Waals surface area (Å²) in [5, 5.41) is 0. The van der Waals surface area contributed by atoms with E-state index in [1.54, 1.807) is 20.9 Å². The van der Waals surface area contributed by atoms with Crippen LogP contribution in [-0.4, -0.2) is 40.8 Å². The summed E-state index contributed by atoms with van der Waals surface area (Å²) in [7, 11) is 1.65. The van der Waals surface area contributed by atoms with Gasteiger partial charge in [-0.25, -0.2) is 8.78 Å². The molecular formula is C22H30F2N2O4. The number of carbonyl (C=O) groups is 1. The molecule has 1 aromatic heterocycles. The van der Waals surface area contributed by atoms with Gasteiger partial charge in [-0.05, 0) is 45.4 Å². The maximum absolute atomic E-state index is 14.7. The van der Waals surface area contributed by atoms with Gasteiger partial charge in [-0.15, -0.1) is 0 Å². The number of benzene rings is 1. The fraction of sp³-hybridized carbons (Fsp3) is 0.636. The average Bonchev–Trinajstić information content (AvgIpc) is 2.99. The number of nitrogens with zero attached hydrogens (tertiary/aromatic N) is 2. The number of rotatable bonds is 9. The third-order valence-electron chi connectivity index (χ3n) is 5.40. The predicted octanol–water partition coefficient (Wildman–Crippen LogP) is 4.57. The summed E-state index contributed by atoms with van der Waals surface area (Å²) in [6, 6.07) is 1.43. The van der Waals surface area contributed by atoms with Crippen molar-refractivity contribution in [3.8, 4) is 11.8 Å². The molecule has 1 aliphatic carbocycles. The number of Topliss-reactive ketones (excluding diaryl/α,β-unsaturated/α-hetero) is 1. The molecule has 8 heteroatoms. The molecule has 0 aliphatic heterocycles. The molecule has 1 atom stereocenters. The Labute approximate surface area is 175 Å². The number of imidazole rings is 1. The van der Waals surface area contributed by atoms with Crippen LogP contribution in [0.1, 0.15) is 52.9 Å². The number of hydrogen-bond donors (Lipinski definition) is 0. The summed E-state index contributed by atoms with van der Waals surface area (Å²) < 4.78 is 47.4. The summed E-state index contributed by atoms with van der Waals surface area (Å²) in [6.45, 7) is 6.02. The normalized spacial score (nSPS) is 20.3. The number of carbonyl (C=O) groups excluding carboxylic acids is 1. The third-order valence-corrected chi connectivity index (χ3v) is 5.40. The van der Waals surface area contributed by atoms with Crippen molar-refractivity contribution >= 4 is 16.8 Å². The zero-order valence-electron chi connectivity index (χ0n) is 18.0. The Bertz CT molecular complexity index is 891. The number of halogens is 2. The molecule has 0 saturated heterocycles. The minimum Gasteiger partial charge on any atom is -0.488 e. The van der Waals surface area contributed by atoms with Crippen LogP contribution in [0.3, 0.4) is 0 Å². The van der Waals surface area contributed by atoms with E-state index >= 15 is 0 Å². The highest BCUT2D eigenvalue weighted by Gasteiger charge is 2.26. The van der Waals surface area contributed by atoms with E-state index in [-0.39, 0.29) is 47.6 Å². The lowest BCUT2D eigenvalue weighted by Gasteiger charge is -2.29. The van der Waals surface area contributed by atoms with Gasteiger partial charge in [-0.1, -0.05) is 6.92 Å². The predicted molar refractivity (Wildman–Crippen MR) is 109 cm³/mol. The molecule has 0 bridgehead atoms. The first kappa shape index (κ1) is 22.5. The van der Waals surface area contributed by atoms with E-state index in [1.165, 1.54) is 10.6 Å². The summed E-state index contributed by atoms with van der Waals surface area (Å²) in [6.07, 6.45) is 3.89. The minimum atomic E-state index is -0.775. The molecule has 1 fully saturated rings. The lowest BCUT2D eigenvalue weighted by molar-refractivity contribution is -0.118. The number of aromatic nitrogens is 2. The van der Waals surface area contributed by atoms with Gasteiger partial charge in [0.25, 0.3) is 6.01 Å². The van der Waals surface area contributed by atoms with Crippen LogP contribution in [0.15, 0.2) is 6.07 Å². The first-order chi connectivity index (χ1) is 14.3. The highest BCUT2D eigenvalue weighted by molar-refractivity contribution is 5.79. The van der Waals surface area contributed by atoms with Crippen molar-refractivity contribution in [1.82, 2.24) is 9.55 Å². The van der Waals surface area contributed by atoms with Gasteiger partial charge in [-0.2, -0.15) is 4.98 Å². The van der Waals surface area contributed by atoms with Crippen molar-refractivity contribution < 1.29 is 27.8 Å². The van der Waals surface area contributed by atoms with Gasteiger partial charge in [-0.3, -0.25) is 4.57 Å². The number of fused-ring (bicyclic) bond motifs is 1. The molecule has 166 valence electrons. The van der Waals surface area contributed by atoms with Crippen molar-refractivity contribution in [3.63, 3.8) is 0 Å². The van der Waals surface area contributed by atoms with Crippen LogP contribution in [0, 0.1) is 17.6 Å². The molecule has 0 spiro atoms. The Kier molecular flexibility index (Phi) is 7.28. The molecule has 0 amide bonds. The van der Waals surface area contributed by atoms with Crippen molar-refractivity contribution in [1.29, 1.82) is 0 Å². The molecule has 2 aromatic rings. The summed E-state index contributed by atoms with van der Waals surface area (Å²) in [5.41, 5.74) is 0.355. The molecule has 1 saturated carbocycles. The fourth-order valence-corrected chi connectivity index (χ4v) is 3.95. The zero-order valence-corrected chi connectivity index (χ0v) is 18.0. The second-order valence-electron chi connectivity index (χ2n) is 8.12. The van der Waals surface area contributed by atoms with E-state index in [0.717, 1.165) is 25.7 Å². The van der Waals surface area contributed by atoms with Gasteiger partial charge in [0.2, 0.25) is 0 Å². The number of ketones is 1. The second kappa shape index (κ2) is 9.73. The molecule has 30 heavy (non-hydrogen) atoms. The molecule has 6 nitrogen and oxygen atoms in total. The quantitative estimate of drug-likeness (QED) is 0.590. The minimum absolute atomic E-state index is 0.0609. The molecule has 0 unspecified atom stereocenters. The number of hydrogen-bond acceptors (Lipinski definition) is 5. The van der Waals surface area contributed by atoms with Crippen LogP contribution in [-0.2, 0) is 16.6 Å². The van der Waals surface area contributed by atoms with Crippen LogP contribution in [0.4, 0.5) is 8.78 Å². The summed E-state index contributed by atoms with van der Waals surface area (Å²) in [5.74, 6) is -1.54. The topological polar surface area (TPSA) is 62.6 Å². The van der Waals surface area contributed by atoms with Crippen molar-refractivity contribution in [3.05, 3.63) is 17.7 Å². The fourth-order valence-electron chi connectivity index (χ4n) is 3.95. The Morgan fingerprint density at radius 1 is 1.27 bits per heavy atom. The standard InChI is InChI=1S/C22H30F2N2O4/c1-5-28-21-17(23)11-18-20(19(21)24)26(4)22(25-18)30-16-8-6-15(7-9-16)29-12-13(2)10-14(3)27/h11,13,15-16H,5-10,12H2,1-4H3/t13-,15?,16?/m1/s1. The van der Waals surface area contributed by atoms with Crippen LogP contribution < -0.4 is 9.47 Å². The lowest BCUT2D eigenvalue weighted by Crippen LogP contribution is -2.30. The molecule has 3 rings (SSSR count). The van der Waals surface area contributed by atoms with Gasteiger partial charge < -0.3 is 19.0 Å². The Balaban J connectivity index is 1.60. The summed E-state index contributed by atoms with van der Waals surface area (Å²) in [4.78, 5) is 15.5. The first-order valence-electron chi connectivity index (χ1n) is 10.5. The van der Waals surface area contributed by atoms with Crippen molar-refractivity contribution in [2.45, 2.75) is 65.1 Å². The van der Waals surface area contributed by atoms with E-state index < -0.39 is 17.4 Å². The monoisotopic (exact) mass is 424 g/mol. The van der Waals surface area contributed by atoms with Gasteiger partial charge >= 0.3 is 0 Å². The molecular weight excluding hydrogens is 394 g/mol. The largest absolute Gasteiger partial charge is 0.488 e. The maximum Gasteiger partial charge on any atom is 0.297 e. The van der Waals surface area contributed by atoms with Gasteiger partial charge in [0, 0.05) is 26.1 Å². The maximum atomic E-state index is 14.7. The zero-order chi connectivity index (χ0) is 21.8. The second-order valence-corrected chi connectivity index (χ2v) is 8.12. The highest BCUT2D eigenvalue weighted by Crippen LogP contribution is 2.33. The van der Waals surface area contributed by atoms with E-state index in [9.17, 15) is 13.6 Å². The Morgan fingerprint density at radius 2 is 1.93 bits per heavy atom. The Hall–Kier alpha value is -2.22. The van der Waals surface area contributed by atoms with Crippen molar-refractivity contribution in [2.75, 3.05) is 13.2 Å². The number of ether oxygens (including phenoxy) is 3. The molecule has 1 heterocycles. The lowest BCUT2D eigenvalue weighted by atomic mass is 9.95. The first-order valence-corrected chi connectivity index (χ1v) is 10.5. The third kappa shape index (κ3) is 5.09. The van der Waals surface area contributed by atoms with E-state index in [4.69, 9.17) is 14.2 Å². The van der Waals surface area contributed by atoms with E-state index in [1.807, 2.05) is 6.92 Å². The SMILES string of the molecule is CCOc1c(F)cc2nc(OC3CCC(OC[C@H](C)CC(C)=O)CC3)n(C)c2c1F. The van der Waals surface area contributed by atoms with Crippen molar-refractivity contribution in [2.24, 2.45) is 13.0 Å². The molecule has 1 aromatic carbocycles. The van der Waals surface area contributed by atoms with Crippen LogP contribution in [0.2, 0.25) is 0 Å². The summed E-state index contributed by atoms with van der Waals surface area (Å²) >= 11 is 0. The van der Waals surface area contributed by atoms with Gasteiger partial charge in [0.1, 0.15) is 17.4 Å².